The molecule has 0 aromatic heterocycles. The van der Waals surface area contributed by atoms with E-state index in [1.165, 1.54) is 5.56 Å². The number of hydrogen-bond acceptors (Lipinski definition) is 5. The van der Waals surface area contributed by atoms with Gasteiger partial charge in [-0.15, -0.1) is 24.0 Å². The van der Waals surface area contributed by atoms with Crippen molar-refractivity contribution in [2.24, 2.45) is 4.99 Å². The smallest absolute Gasteiger partial charge is 0.234 e. The molecule has 0 unspecified atom stereocenters. The standard InChI is InChI=1S/C23H37N5O3.HI/c1-4-31-21-16-18(7-10-20(21)30-3)6-5-11-25-23(24-2)28-14-12-27(13-15-28)17-22(29)26-19-8-9-19;/h7,10,16,19H,4-6,8-9,11-15,17H2,1-3H3,(H,24,25)(H,26,29);1H. The number of rotatable bonds is 10. The molecular formula is C23H38IN5O3. The molecule has 0 spiro atoms. The molecule has 180 valence electrons. The van der Waals surface area contributed by atoms with Crippen LogP contribution in [0.15, 0.2) is 23.2 Å². The van der Waals surface area contributed by atoms with E-state index in [1.54, 1.807) is 7.11 Å². The van der Waals surface area contributed by atoms with Gasteiger partial charge >= 0.3 is 0 Å². The van der Waals surface area contributed by atoms with E-state index in [0.717, 1.165) is 75.9 Å². The predicted octanol–water partition coefficient (Wildman–Crippen LogP) is 2.12. The van der Waals surface area contributed by atoms with Gasteiger partial charge in [0.2, 0.25) is 5.91 Å². The average Bonchev–Trinajstić information content (AvgIpc) is 3.59. The zero-order valence-electron chi connectivity index (χ0n) is 19.6. The van der Waals surface area contributed by atoms with Gasteiger partial charge in [0.25, 0.3) is 0 Å². The maximum atomic E-state index is 12.0. The summed E-state index contributed by atoms with van der Waals surface area (Å²) in [6.07, 6.45) is 4.22. The number of methoxy groups -OCH3 is 1. The molecule has 1 amide bonds. The first-order chi connectivity index (χ1) is 15.1. The van der Waals surface area contributed by atoms with Crippen LogP contribution in [0.1, 0.15) is 31.7 Å². The summed E-state index contributed by atoms with van der Waals surface area (Å²) in [6.45, 7) is 7.48. The molecule has 2 aliphatic rings. The summed E-state index contributed by atoms with van der Waals surface area (Å²) in [6, 6.07) is 6.56. The second kappa shape index (κ2) is 13.7. The quantitative estimate of drug-likeness (QED) is 0.198. The van der Waals surface area contributed by atoms with Crippen molar-refractivity contribution in [3.8, 4) is 11.5 Å². The van der Waals surface area contributed by atoms with Crippen molar-refractivity contribution in [1.29, 1.82) is 0 Å². The number of carbonyl (C=O) groups is 1. The molecule has 1 saturated carbocycles. The molecule has 1 saturated heterocycles. The van der Waals surface area contributed by atoms with Crippen LogP contribution in [0.5, 0.6) is 11.5 Å². The van der Waals surface area contributed by atoms with Crippen molar-refractivity contribution >= 4 is 35.8 Å². The summed E-state index contributed by atoms with van der Waals surface area (Å²) in [5, 5.41) is 6.55. The molecule has 8 nitrogen and oxygen atoms in total. The minimum absolute atomic E-state index is 0. The zero-order valence-corrected chi connectivity index (χ0v) is 21.9. The number of ether oxygens (including phenoxy) is 2. The first kappa shape index (κ1) is 26.5. The van der Waals surface area contributed by atoms with Crippen LogP contribution in [-0.2, 0) is 11.2 Å². The third-order valence-corrected chi connectivity index (χ3v) is 5.65. The van der Waals surface area contributed by atoms with Crippen molar-refractivity contribution in [2.75, 3.05) is 60.0 Å². The summed E-state index contributed by atoms with van der Waals surface area (Å²) in [5.41, 5.74) is 1.24. The number of nitrogens with zero attached hydrogens (tertiary/aromatic N) is 3. The van der Waals surface area contributed by atoms with Crippen LogP contribution in [0.2, 0.25) is 0 Å². The summed E-state index contributed by atoms with van der Waals surface area (Å²) in [4.78, 5) is 20.9. The van der Waals surface area contributed by atoms with Crippen molar-refractivity contribution < 1.29 is 14.3 Å². The molecule has 2 N–H and O–H groups in total. The SMILES string of the molecule is CCOc1cc(CCCNC(=NC)N2CCN(CC(=O)NC3CC3)CC2)ccc1OC.I. The Morgan fingerprint density at radius 1 is 1.19 bits per heavy atom. The highest BCUT2D eigenvalue weighted by Crippen LogP contribution is 2.28. The molecule has 0 bridgehead atoms. The second-order valence-corrected chi connectivity index (χ2v) is 8.10. The molecule has 32 heavy (non-hydrogen) atoms. The Hall–Kier alpha value is -1.75. The number of aryl methyl sites for hydroxylation is 1. The lowest BCUT2D eigenvalue weighted by Gasteiger charge is -2.36. The highest BCUT2D eigenvalue weighted by molar-refractivity contribution is 14.0. The van der Waals surface area contributed by atoms with Crippen molar-refractivity contribution in [2.45, 2.75) is 38.6 Å². The van der Waals surface area contributed by atoms with Crippen LogP contribution in [0.4, 0.5) is 0 Å². The average molecular weight is 559 g/mol. The fourth-order valence-corrected chi connectivity index (χ4v) is 3.79. The van der Waals surface area contributed by atoms with Crippen LogP contribution in [0.3, 0.4) is 0 Å². The van der Waals surface area contributed by atoms with Gasteiger partial charge in [-0.05, 0) is 50.3 Å². The largest absolute Gasteiger partial charge is 0.493 e. The minimum Gasteiger partial charge on any atom is -0.493 e. The lowest BCUT2D eigenvalue weighted by atomic mass is 10.1. The molecule has 1 heterocycles. The van der Waals surface area contributed by atoms with Gasteiger partial charge in [-0.2, -0.15) is 0 Å². The molecule has 0 atom stereocenters. The maximum absolute atomic E-state index is 12.0. The van der Waals surface area contributed by atoms with E-state index in [1.807, 2.05) is 20.0 Å². The number of piperazine rings is 1. The van der Waals surface area contributed by atoms with Crippen LogP contribution < -0.4 is 20.1 Å². The van der Waals surface area contributed by atoms with Crippen LogP contribution >= 0.6 is 24.0 Å². The normalized spacial score (nSPS) is 16.8. The van der Waals surface area contributed by atoms with Gasteiger partial charge < -0.3 is 25.0 Å². The number of nitrogens with one attached hydrogen (secondary N) is 2. The lowest BCUT2D eigenvalue weighted by molar-refractivity contribution is -0.122. The van der Waals surface area contributed by atoms with Crippen molar-refractivity contribution in [3.63, 3.8) is 0 Å². The van der Waals surface area contributed by atoms with E-state index in [4.69, 9.17) is 9.47 Å². The molecule has 9 heteroatoms. The van der Waals surface area contributed by atoms with Gasteiger partial charge in [-0.1, -0.05) is 6.07 Å². The van der Waals surface area contributed by atoms with Crippen LogP contribution in [0.25, 0.3) is 0 Å². The van der Waals surface area contributed by atoms with Gasteiger partial charge in [0.15, 0.2) is 17.5 Å². The molecule has 0 radical (unpaired) electrons. The number of guanidine groups is 1. The number of carbonyl (C=O) groups excluding carboxylic acids is 1. The van der Waals surface area contributed by atoms with E-state index in [-0.39, 0.29) is 29.9 Å². The third kappa shape index (κ3) is 8.31. The highest BCUT2D eigenvalue weighted by Gasteiger charge is 2.25. The summed E-state index contributed by atoms with van der Waals surface area (Å²) in [7, 11) is 3.49. The molecule has 1 aromatic carbocycles. The topological polar surface area (TPSA) is 78.4 Å². The van der Waals surface area contributed by atoms with E-state index in [0.29, 0.717) is 19.2 Å². The monoisotopic (exact) mass is 559 g/mol. The number of benzene rings is 1. The molecule has 3 rings (SSSR count). The number of hydrogen-bond donors (Lipinski definition) is 2. The van der Waals surface area contributed by atoms with Gasteiger partial charge in [0, 0.05) is 45.8 Å². The highest BCUT2D eigenvalue weighted by atomic mass is 127. The van der Waals surface area contributed by atoms with E-state index in [2.05, 4.69) is 37.6 Å². The maximum Gasteiger partial charge on any atom is 0.234 e. The first-order valence-electron chi connectivity index (χ1n) is 11.4. The van der Waals surface area contributed by atoms with Gasteiger partial charge in [-0.25, -0.2) is 0 Å². The number of halogens is 1. The number of aliphatic imine (C=N–C) groups is 1. The fourth-order valence-electron chi connectivity index (χ4n) is 3.79. The van der Waals surface area contributed by atoms with Crippen LogP contribution in [-0.4, -0.2) is 87.7 Å². The summed E-state index contributed by atoms with van der Waals surface area (Å²) < 4.78 is 11.0. The number of amides is 1. The Labute approximate surface area is 209 Å². The third-order valence-electron chi connectivity index (χ3n) is 5.65. The molecule has 1 aliphatic heterocycles. The van der Waals surface area contributed by atoms with Crippen molar-refractivity contribution in [1.82, 2.24) is 20.4 Å². The zero-order chi connectivity index (χ0) is 22.1. The Balaban J connectivity index is 0.00000363. The Morgan fingerprint density at radius 3 is 2.56 bits per heavy atom. The van der Waals surface area contributed by atoms with E-state index < -0.39 is 0 Å². The Bertz CT molecular complexity index is 749. The Kier molecular flexibility index (Phi) is 11.4. The second-order valence-electron chi connectivity index (χ2n) is 8.10. The van der Waals surface area contributed by atoms with E-state index >= 15 is 0 Å². The van der Waals surface area contributed by atoms with Crippen molar-refractivity contribution in [3.05, 3.63) is 23.8 Å². The lowest BCUT2D eigenvalue weighted by Crippen LogP contribution is -2.54. The molecular weight excluding hydrogens is 521 g/mol. The van der Waals surface area contributed by atoms with Crippen LogP contribution in [0, 0.1) is 0 Å². The fraction of sp³-hybridized carbons (Fsp3) is 0.652. The van der Waals surface area contributed by atoms with Gasteiger partial charge in [-0.3, -0.25) is 14.7 Å². The van der Waals surface area contributed by atoms with Gasteiger partial charge in [0.1, 0.15) is 0 Å². The Morgan fingerprint density at radius 2 is 1.94 bits per heavy atom. The molecule has 1 aliphatic carbocycles. The predicted molar refractivity (Wildman–Crippen MR) is 138 cm³/mol. The summed E-state index contributed by atoms with van der Waals surface area (Å²) in [5.74, 6) is 2.67. The molecule has 1 aromatic rings. The van der Waals surface area contributed by atoms with Gasteiger partial charge in [0.05, 0.1) is 20.3 Å². The van der Waals surface area contributed by atoms with E-state index in [9.17, 15) is 4.79 Å². The summed E-state index contributed by atoms with van der Waals surface area (Å²) >= 11 is 0. The first-order valence-corrected chi connectivity index (χ1v) is 11.4. The minimum atomic E-state index is 0. The molecule has 2 fully saturated rings.